The van der Waals surface area contributed by atoms with Gasteiger partial charge in [0, 0.05) is 13.2 Å². The molecule has 0 atom stereocenters. The van der Waals surface area contributed by atoms with Crippen LogP contribution < -0.4 is 5.32 Å². The molecule has 0 aromatic carbocycles. The first kappa shape index (κ1) is 8.34. The van der Waals surface area contributed by atoms with Crippen molar-refractivity contribution in [2.24, 2.45) is 0 Å². The van der Waals surface area contributed by atoms with E-state index in [0.29, 0.717) is 0 Å². The molecule has 0 aromatic rings. The van der Waals surface area contributed by atoms with E-state index in [-0.39, 0.29) is 5.60 Å². The first-order valence-corrected chi connectivity index (χ1v) is 3.06. The summed E-state index contributed by atoms with van der Waals surface area (Å²) >= 11 is 0. The first-order valence-electron chi connectivity index (χ1n) is 3.06. The zero-order chi connectivity index (χ0) is 7.33. The van der Waals surface area contributed by atoms with Gasteiger partial charge in [-0.3, -0.25) is 0 Å². The van der Waals surface area contributed by atoms with E-state index in [1.165, 1.54) is 0 Å². The van der Waals surface area contributed by atoms with Gasteiger partial charge in [0.05, 0.1) is 11.9 Å². The van der Waals surface area contributed by atoms with Crippen molar-refractivity contribution in [2.45, 2.75) is 26.4 Å². The molecule has 2 nitrogen and oxygen atoms in total. The van der Waals surface area contributed by atoms with Crippen LogP contribution in [0.4, 0.5) is 0 Å². The average Bonchev–Trinajstić information content (AvgIpc) is 1.63. The SMILES string of the molecule is CN/C=C\OC(C)(C)C. The van der Waals surface area contributed by atoms with E-state index in [0.717, 1.165) is 0 Å². The number of hydrogen-bond donors (Lipinski definition) is 1. The maximum atomic E-state index is 5.23. The number of hydrogen-bond acceptors (Lipinski definition) is 2. The molecule has 0 unspecified atom stereocenters. The summed E-state index contributed by atoms with van der Waals surface area (Å²) in [4.78, 5) is 0. The monoisotopic (exact) mass is 129 g/mol. The van der Waals surface area contributed by atoms with Crippen molar-refractivity contribution < 1.29 is 4.74 Å². The van der Waals surface area contributed by atoms with Crippen molar-refractivity contribution >= 4 is 0 Å². The summed E-state index contributed by atoms with van der Waals surface area (Å²) in [6.07, 6.45) is 3.41. The Kier molecular flexibility index (Phi) is 3.13. The molecule has 0 bridgehead atoms. The fraction of sp³-hybridized carbons (Fsp3) is 0.714. The third kappa shape index (κ3) is 7.34. The normalized spacial score (nSPS) is 12.0. The Morgan fingerprint density at radius 3 is 2.22 bits per heavy atom. The molecule has 0 aliphatic rings. The molecule has 1 N–H and O–H groups in total. The molecule has 0 saturated heterocycles. The predicted octanol–water partition coefficient (Wildman–Crippen LogP) is 1.49. The highest BCUT2D eigenvalue weighted by molar-refractivity contribution is 4.72. The standard InChI is InChI=1S/C7H15NO/c1-7(2,3)9-6-5-8-4/h5-6,8H,1-4H3/b6-5-. The molecule has 0 heterocycles. The molecule has 0 rings (SSSR count). The highest BCUT2D eigenvalue weighted by atomic mass is 16.5. The third-order valence-corrected chi connectivity index (χ3v) is 0.656. The summed E-state index contributed by atoms with van der Waals surface area (Å²) in [6.45, 7) is 6.02. The van der Waals surface area contributed by atoms with Gasteiger partial charge < -0.3 is 10.1 Å². The van der Waals surface area contributed by atoms with Crippen molar-refractivity contribution in [2.75, 3.05) is 7.05 Å². The van der Waals surface area contributed by atoms with E-state index in [2.05, 4.69) is 5.32 Å². The van der Waals surface area contributed by atoms with Crippen molar-refractivity contribution in [3.8, 4) is 0 Å². The van der Waals surface area contributed by atoms with Crippen LogP contribution in [0.2, 0.25) is 0 Å². The minimum atomic E-state index is -0.0760. The smallest absolute Gasteiger partial charge is 0.0999 e. The van der Waals surface area contributed by atoms with Crippen LogP contribution in [-0.4, -0.2) is 12.6 Å². The van der Waals surface area contributed by atoms with E-state index in [9.17, 15) is 0 Å². The van der Waals surface area contributed by atoms with Gasteiger partial charge in [0.25, 0.3) is 0 Å². The summed E-state index contributed by atoms with van der Waals surface area (Å²) in [7, 11) is 1.84. The fourth-order valence-electron chi connectivity index (χ4n) is 0.306. The van der Waals surface area contributed by atoms with Crippen LogP contribution in [-0.2, 0) is 4.74 Å². The van der Waals surface area contributed by atoms with Gasteiger partial charge in [0.15, 0.2) is 0 Å². The highest BCUT2D eigenvalue weighted by Gasteiger charge is 2.06. The van der Waals surface area contributed by atoms with Crippen molar-refractivity contribution in [1.82, 2.24) is 5.32 Å². The van der Waals surface area contributed by atoms with Crippen LogP contribution in [0.15, 0.2) is 12.5 Å². The van der Waals surface area contributed by atoms with Gasteiger partial charge in [-0.1, -0.05) is 0 Å². The number of ether oxygens (including phenoxy) is 1. The summed E-state index contributed by atoms with van der Waals surface area (Å²) in [6, 6.07) is 0. The van der Waals surface area contributed by atoms with E-state index in [4.69, 9.17) is 4.74 Å². The Balaban J connectivity index is 3.38. The first-order chi connectivity index (χ1) is 4.06. The Hall–Kier alpha value is -0.660. The number of nitrogens with one attached hydrogen (secondary N) is 1. The quantitative estimate of drug-likeness (QED) is 0.570. The summed E-state index contributed by atoms with van der Waals surface area (Å²) < 4.78 is 5.23. The summed E-state index contributed by atoms with van der Waals surface area (Å²) in [5.74, 6) is 0. The van der Waals surface area contributed by atoms with Gasteiger partial charge in [0.2, 0.25) is 0 Å². The maximum absolute atomic E-state index is 5.23. The van der Waals surface area contributed by atoms with Gasteiger partial charge in [-0.25, -0.2) is 0 Å². The van der Waals surface area contributed by atoms with Crippen molar-refractivity contribution in [1.29, 1.82) is 0 Å². The Morgan fingerprint density at radius 1 is 1.33 bits per heavy atom. The molecule has 0 radical (unpaired) electrons. The van der Waals surface area contributed by atoms with Gasteiger partial charge in [-0.05, 0) is 20.8 Å². The topological polar surface area (TPSA) is 21.3 Å². The zero-order valence-corrected chi connectivity index (χ0v) is 6.56. The highest BCUT2D eigenvalue weighted by Crippen LogP contribution is 2.05. The molecule has 0 aliphatic heterocycles. The average molecular weight is 129 g/mol. The lowest BCUT2D eigenvalue weighted by atomic mass is 10.2. The molecular weight excluding hydrogens is 114 g/mol. The van der Waals surface area contributed by atoms with Crippen molar-refractivity contribution in [3.05, 3.63) is 12.5 Å². The second-order valence-corrected chi connectivity index (χ2v) is 2.82. The maximum Gasteiger partial charge on any atom is 0.0999 e. The lowest BCUT2D eigenvalue weighted by molar-refractivity contribution is 0.0760. The Labute approximate surface area is 56.9 Å². The zero-order valence-electron chi connectivity index (χ0n) is 6.56. The molecular formula is C7H15NO. The van der Waals surface area contributed by atoms with Gasteiger partial charge in [-0.2, -0.15) is 0 Å². The minimum Gasteiger partial charge on any atom is -0.494 e. The molecule has 0 amide bonds. The van der Waals surface area contributed by atoms with Crippen LogP contribution >= 0.6 is 0 Å². The van der Waals surface area contributed by atoms with Crippen molar-refractivity contribution in [3.63, 3.8) is 0 Å². The van der Waals surface area contributed by atoms with E-state index >= 15 is 0 Å². The molecule has 0 saturated carbocycles. The molecule has 9 heavy (non-hydrogen) atoms. The largest absolute Gasteiger partial charge is 0.494 e. The lowest BCUT2D eigenvalue weighted by Gasteiger charge is -2.17. The lowest BCUT2D eigenvalue weighted by Crippen LogP contribution is -2.15. The number of rotatable bonds is 2. The molecule has 0 aliphatic carbocycles. The minimum absolute atomic E-state index is 0.0760. The predicted molar refractivity (Wildman–Crippen MR) is 39.0 cm³/mol. The van der Waals surface area contributed by atoms with Crippen LogP contribution in [0, 0.1) is 0 Å². The van der Waals surface area contributed by atoms with Crippen LogP contribution in [0.1, 0.15) is 20.8 Å². The van der Waals surface area contributed by atoms with E-state index in [1.807, 2.05) is 27.8 Å². The summed E-state index contributed by atoms with van der Waals surface area (Å²) in [5.41, 5.74) is -0.0760. The van der Waals surface area contributed by atoms with Crippen LogP contribution in [0.3, 0.4) is 0 Å². The third-order valence-electron chi connectivity index (χ3n) is 0.656. The molecule has 0 spiro atoms. The second-order valence-electron chi connectivity index (χ2n) is 2.82. The van der Waals surface area contributed by atoms with Gasteiger partial charge >= 0.3 is 0 Å². The molecule has 0 fully saturated rings. The second kappa shape index (κ2) is 3.38. The molecule has 54 valence electrons. The van der Waals surface area contributed by atoms with E-state index < -0.39 is 0 Å². The Bertz CT molecular complexity index is 91.6. The fourth-order valence-corrected chi connectivity index (χ4v) is 0.306. The van der Waals surface area contributed by atoms with Gasteiger partial charge in [0.1, 0.15) is 0 Å². The van der Waals surface area contributed by atoms with Crippen LogP contribution in [0.5, 0.6) is 0 Å². The molecule has 0 aromatic heterocycles. The van der Waals surface area contributed by atoms with Crippen LogP contribution in [0.25, 0.3) is 0 Å². The Morgan fingerprint density at radius 2 is 1.89 bits per heavy atom. The van der Waals surface area contributed by atoms with Gasteiger partial charge in [-0.15, -0.1) is 0 Å². The summed E-state index contributed by atoms with van der Waals surface area (Å²) in [5, 5.41) is 2.83. The molecule has 2 heteroatoms. The van der Waals surface area contributed by atoms with E-state index in [1.54, 1.807) is 12.5 Å².